The number of carbonyl (C=O) groups excluding carboxylic acids is 1. The predicted molar refractivity (Wildman–Crippen MR) is 88.4 cm³/mol. The summed E-state index contributed by atoms with van der Waals surface area (Å²) in [6.45, 7) is 7.18. The van der Waals surface area contributed by atoms with Crippen LogP contribution in [0.4, 0.5) is 5.69 Å². The van der Waals surface area contributed by atoms with Crippen LogP contribution in [0.15, 0.2) is 30.9 Å². The molecule has 0 aliphatic carbocycles. The first-order chi connectivity index (χ1) is 10.7. The van der Waals surface area contributed by atoms with Crippen molar-refractivity contribution in [3.05, 3.63) is 36.4 Å². The Morgan fingerprint density at radius 3 is 3.05 bits per heavy atom. The van der Waals surface area contributed by atoms with Gasteiger partial charge in [-0.05, 0) is 50.4 Å². The first-order valence-electron chi connectivity index (χ1n) is 8.14. The number of anilines is 1. The smallest absolute Gasteiger partial charge is 0.268 e. The molecule has 1 fully saturated rings. The molecule has 4 heteroatoms. The van der Waals surface area contributed by atoms with Crippen LogP contribution in [0.1, 0.15) is 31.7 Å². The number of nitrogens with zero attached hydrogens (tertiary/aromatic N) is 1. The topological polar surface area (TPSA) is 41.6 Å². The first-order valence-corrected chi connectivity index (χ1v) is 8.14. The maximum Gasteiger partial charge on any atom is 0.268 e. The van der Waals surface area contributed by atoms with Gasteiger partial charge in [-0.3, -0.25) is 4.79 Å². The van der Waals surface area contributed by atoms with Crippen molar-refractivity contribution in [3.63, 3.8) is 0 Å². The van der Waals surface area contributed by atoms with Crippen LogP contribution in [0.5, 0.6) is 5.75 Å². The summed E-state index contributed by atoms with van der Waals surface area (Å²) < 4.78 is 5.72. The summed E-state index contributed by atoms with van der Waals surface area (Å²) in [5.41, 5.74) is 2.12. The molecule has 1 N–H and O–H groups in total. The van der Waals surface area contributed by atoms with Crippen LogP contribution < -0.4 is 15.0 Å². The summed E-state index contributed by atoms with van der Waals surface area (Å²) in [6, 6.07) is 6.74. The van der Waals surface area contributed by atoms with Gasteiger partial charge in [-0.2, -0.15) is 0 Å². The molecular weight excluding hydrogens is 276 g/mol. The van der Waals surface area contributed by atoms with Gasteiger partial charge in [-0.1, -0.05) is 18.6 Å². The van der Waals surface area contributed by atoms with E-state index >= 15 is 0 Å². The van der Waals surface area contributed by atoms with Crippen molar-refractivity contribution in [2.24, 2.45) is 0 Å². The monoisotopic (exact) mass is 300 g/mol. The highest BCUT2D eigenvalue weighted by atomic mass is 16.5. The number of piperidine rings is 1. The highest BCUT2D eigenvalue weighted by Gasteiger charge is 2.31. The molecule has 0 saturated carbocycles. The number of hydrogen-bond acceptors (Lipinski definition) is 3. The normalized spacial score (nSPS) is 24.6. The Balaban J connectivity index is 1.84. The zero-order valence-electron chi connectivity index (χ0n) is 13.2. The van der Waals surface area contributed by atoms with Crippen molar-refractivity contribution in [3.8, 4) is 5.75 Å². The van der Waals surface area contributed by atoms with E-state index in [0.29, 0.717) is 12.6 Å². The van der Waals surface area contributed by atoms with E-state index in [9.17, 15) is 4.79 Å². The SMILES string of the molecule is C=CCN1C(=O)C(C)Oc2ccc(CC3CCCCN3)cc21. The number of hydrogen-bond donors (Lipinski definition) is 1. The molecule has 22 heavy (non-hydrogen) atoms. The van der Waals surface area contributed by atoms with Gasteiger partial charge in [0, 0.05) is 12.6 Å². The van der Waals surface area contributed by atoms with Crippen LogP contribution in [-0.4, -0.2) is 31.1 Å². The van der Waals surface area contributed by atoms with E-state index in [0.717, 1.165) is 24.4 Å². The number of ether oxygens (including phenoxy) is 1. The van der Waals surface area contributed by atoms with Crippen LogP contribution in [0.3, 0.4) is 0 Å². The summed E-state index contributed by atoms with van der Waals surface area (Å²) >= 11 is 0. The minimum Gasteiger partial charge on any atom is -0.479 e. The minimum absolute atomic E-state index is 0.000316. The fourth-order valence-electron chi connectivity index (χ4n) is 3.28. The highest BCUT2D eigenvalue weighted by molar-refractivity contribution is 6.00. The van der Waals surface area contributed by atoms with E-state index in [1.807, 2.05) is 6.07 Å². The Morgan fingerprint density at radius 1 is 1.45 bits per heavy atom. The molecule has 1 aromatic rings. The molecule has 4 nitrogen and oxygen atoms in total. The van der Waals surface area contributed by atoms with Gasteiger partial charge in [-0.15, -0.1) is 6.58 Å². The van der Waals surface area contributed by atoms with Gasteiger partial charge in [0.25, 0.3) is 5.91 Å². The van der Waals surface area contributed by atoms with Gasteiger partial charge in [0.1, 0.15) is 5.75 Å². The Hall–Kier alpha value is -1.81. The molecule has 0 bridgehead atoms. The van der Waals surface area contributed by atoms with Crippen LogP contribution in [0.2, 0.25) is 0 Å². The number of carbonyl (C=O) groups is 1. The zero-order chi connectivity index (χ0) is 15.5. The Bertz CT molecular complexity index is 564. The largest absolute Gasteiger partial charge is 0.479 e. The fraction of sp³-hybridized carbons (Fsp3) is 0.500. The van der Waals surface area contributed by atoms with Gasteiger partial charge in [-0.25, -0.2) is 0 Å². The molecule has 1 amide bonds. The van der Waals surface area contributed by atoms with Crippen LogP contribution in [0, 0.1) is 0 Å². The third-order valence-electron chi connectivity index (χ3n) is 4.44. The van der Waals surface area contributed by atoms with Crippen molar-refractivity contribution in [2.75, 3.05) is 18.0 Å². The molecule has 2 aliphatic heterocycles. The van der Waals surface area contributed by atoms with Gasteiger partial charge in [0.15, 0.2) is 6.10 Å². The molecule has 0 aromatic heterocycles. The molecule has 0 spiro atoms. The van der Waals surface area contributed by atoms with Crippen molar-refractivity contribution in [1.82, 2.24) is 5.32 Å². The number of nitrogens with one attached hydrogen (secondary N) is 1. The first kappa shape index (κ1) is 15.1. The summed E-state index contributed by atoms with van der Waals surface area (Å²) in [4.78, 5) is 14.1. The predicted octanol–water partition coefficient (Wildman–Crippen LogP) is 2.67. The molecule has 2 unspecified atom stereocenters. The van der Waals surface area contributed by atoms with Crippen molar-refractivity contribution < 1.29 is 9.53 Å². The summed E-state index contributed by atoms with van der Waals surface area (Å²) in [7, 11) is 0. The third-order valence-corrected chi connectivity index (χ3v) is 4.44. The van der Waals surface area contributed by atoms with E-state index in [1.54, 1.807) is 17.9 Å². The van der Waals surface area contributed by atoms with Gasteiger partial charge in [0.05, 0.1) is 5.69 Å². The second-order valence-corrected chi connectivity index (χ2v) is 6.15. The zero-order valence-corrected chi connectivity index (χ0v) is 13.2. The van der Waals surface area contributed by atoms with Gasteiger partial charge < -0.3 is 15.0 Å². The van der Waals surface area contributed by atoms with Gasteiger partial charge in [0.2, 0.25) is 0 Å². The van der Waals surface area contributed by atoms with E-state index in [4.69, 9.17) is 4.74 Å². The van der Waals surface area contributed by atoms with Gasteiger partial charge >= 0.3 is 0 Å². The molecular formula is C18H24N2O2. The van der Waals surface area contributed by atoms with Crippen molar-refractivity contribution in [2.45, 2.75) is 44.8 Å². The molecule has 2 heterocycles. The van der Waals surface area contributed by atoms with Crippen molar-refractivity contribution in [1.29, 1.82) is 0 Å². The lowest BCUT2D eigenvalue weighted by molar-refractivity contribution is -0.125. The maximum absolute atomic E-state index is 12.3. The second kappa shape index (κ2) is 6.53. The summed E-state index contributed by atoms with van der Waals surface area (Å²) in [6.07, 6.45) is 6.12. The average Bonchev–Trinajstić information content (AvgIpc) is 2.53. The fourth-order valence-corrected chi connectivity index (χ4v) is 3.28. The Morgan fingerprint density at radius 2 is 2.32 bits per heavy atom. The van der Waals surface area contributed by atoms with Crippen LogP contribution >= 0.6 is 0 Å². The Labute approximate surface area is 132 Å². The van der Waals surface area contributed by atoms with E-state index in [-0.39, 0.29) is 5.91 Å². The highest BCUT2D eigenvalue weighted by Crippen LogP contribution is 2.35. The molecule has 2 aliphatic rings. The van der Waals surface area contributed by atoms with E-state index in [2.05, 4.69) is 24.0 Å². The lowest BCUT2D eigenvalue weighted by atomic mass is 9.97. The molecule has 1 aromatic carbocycles. The molecule has 1 saturated heterocycles. The van der Waals surface area contributed by atoms with Crippen molar-refractivity contribution >= 4 is 11.6 Å². The number of rotatable bonds is 4. The molecule has 3 rings (SSSR count). The lowest BCUT2D eigenvalue weighted by Crippen LogP contribution is -2.44. The summed E-state index contributed by atoms with van der Waals surface area (Å²) in [5.74, 6) is 0.787. The molecule has 0 radical (unpaired) electrons. The molecule has 118 valence electrons. The number of amides is 1. The van der Waals surface area contributed by atoms with Crippen LogP contribution in [-0.2, 0) is 11.2 Å². The third kappa shape index (κ3) is 3.02. The number of benzene rings is 1. The quantitative estimate of drug-likeness (QED) is 0.869. The summed E-state index contributed by atoms with van der Waals surface area (Å²) in [5, 5.41) is 3.57. The Kier molecular flexibility index (Phi) is 4.48. The van der Waals surface area contributed by atoms with E-state index in [1.165, 1.54) is 24.8 Å². The second-order valence-electron chi connectivity index (χ2n) is 6.15. The van der Waals surface area contributed by atoms with E-state index < -0.39 is 6.10 Å². The minimum atomic E-state index is -0.432. The standard InChI is InChI=1S/C18H24N2O2/c1-3-10-20-16-12-14(11-15-6-4-5-9-19-15)7-8-17(16)22-13(2)18(20)21/h3,7-8,12-13,15,19H,1,4-6,9-11H2,2H3. The molecule has 2 atom stereocenters. The van der Waals surface area contributed by atoms with Crippen LogP contribution in [0.25, 0.3) is 0 Å². The lowest BCUT2D eigenvalue weighted by Gasteiger charge is -2.33. The average molecular weight is 300 g/mol. The number of fused-ring (bicyclic) bond motifs is 1. The maximum atomic E-state index is 12.3.